The summed E-state index contributed by atoms with van der Waals surface area (Å²) < 4.78 is 2.00. The monoisotopic (exact) mass is 236 g/mol. The van der Waals surface area contributed by atoms with Gasteiger partial charge in [-0.25, -0.2) is 4.98 Å². The molecule has 0 aliphatic carbocycles. The highest BCUT2D eigenvalue weighted by Gasteiger charge is 2.22. The molecular formula is C13H17ClN2. The first-order valence-electron chi connectivity index (χ1n) is 5.43. The van der Waals surface area contributed by atoms with Crippen LogP contribution in [-0.4, -0.2) is 9.55 Å². The number of nitrogens with zero attached hydrogens (tertiary/aromatic N) is 2. The maximum Gasteiger partial charge on any atom is 0.107 e. The van der Waals surface area contributed by atoms with Crippen LogP contribution in [0, 0.1) is 6.92 Å². The molecule has 0 saturated carbocycles. The molecule has 0 bridgehead atoms. The number of imidazole rings is 1. The molecule has 0 N–H and O–H groups in total. The molecule has 1 aromatic heterocycles. The predicted octanol–water partition coefficient (Wildman–Crippen LogP) is 3.83. The molecular weight excluding hydrogens is 220 g/mol. The van der Waals surface area contributed by atoms with E-state index in [1.165, 1.54) is 11.1 Å². The third kappa shape index (κ3) is 1.61. The predicted molar refractivity (Wildman–Crippen MR) is 69.2 cm³/mol. The molecule has 2 nitrogen and oxygen atoms in total. The van der Waals surface area contributed by atoms with Crippen LogP contribution < -0.4 is 0 Å². The zero-order chi connectivity index (χ0) is 12.1. The number of rotatable bonds is 0. The number of aryl methyl sites for hydroxylation is 2. The van der Waals surface area contributed by atoms with Crippen LogP contribution in [0.1, 0.15) is 31.9 Å². The minimum absolute atomic E-state index is 0.0485. The van der Waals surface area contributed by atoms with Crippen LogP contribution in [0.15, 0.2) is 12.4 Å². The Balaban J connectivity index is 2.87. The Labute approximate surface area is 101 Å². The molecule has 0 amide bonds. The van der Waals surface area contributed by atoms with Crippen molar-refractivity contribution < 1.29 is 0 Å². The van der Waals surface area contributed by atoms with Gasteiger partial charge in [-0.2, -0.15) is 0 Å². The molecule has 0 aliphatic heterocycles. The minimum Gasteiger partial charge on any atom is -0.334 e. The van der Waals surface area contributed by atoms with Crippen LogP contribution in [-0.2, 0) is 12.5 Å². The van der Waals surface area contributed by atoms with E-state index in [9.17, 15) is 0 Å². The topological polar surface area (TPSA) is 17.8 Å². The van der Waals surface area contributed by atoms with Gasteiger partial charge >= 0.3 is 0 Å². The third-order valence-electron chi connectivity index (χ3n) is 2.91. The van der Waals surface area contributed by atoms with Crippen LogP contribution in [0.3, 0.4) is 0 Å². The molecule has 2 aromatic rings. The smallest absolute Gasteiger partial charge is 0.107 e. The van der Waals surface area contributed by atoms with E-state index in [1.54, 1.807) is 0 Å². The summed E-state index contributed by atoms with van der Waals surface area (Å²) in [6, 6.07) is 2.16. The van der Waals surface area contributed by atoms with Gasteiger partial charge in [0, 0.05) is 7.05 Å². The van der Waals surface area contributed by atoms with Gasteiger partial charge in [-0.1, -0.05) is 32.4 Å². The van der Waals surface area contributed by atoms with Crippen LogP contribution in [0.5, 0.6) is 0 Å². The number of hydrogen-bond donors (Lipinski definition) is 0. The minimum atomic E-state index is 0.0485. The van der Waals surface area contributed by atoms with Crippen molar-refractivity contribution in [1.82, 2.24) is 9.55 Å². The summed E-state index contributed by atoms with van der Waals surface area (Å²) >= 11 is 6.47. The first-order chi connectivity index (χ1) is 7.32. The average Bonchev–Trinajstić information content (AvgIpc) is 2.46. The van der Waals surface area contributed by atoms with Crippen molar-refractivity contribution in [2.45, 2.75) is 33.1 Å². The SMILES string of the molecule is Cc1cc2c(ncn2C)c(Cl)c1C(C)(C)C. The Kier molecular flexibility index (Phi) is 2.50. The Hall–Kier alpha value is -1.02. The highest BCUT2D eigenvalue weighted by atomic mass is 35.5. The summed E-state index contributed by atoms with van der Waals surface area (Å²) in [5.41, 5.74) is 4.47. The number of fused-ring (bicyclic) bond motifs is 1. The van der Waals surface area contributed by atoms with Gasteiger partial charge in [0.1, 0.15) is 5.52 Å². The second kappa shape index (κ2) is 3.49. The first kappa shape index (κ1) is 11.5. The summed E-state index contributed by atoms with van der Waals surface area (Å²) in [6.45, 7) is 8.64. The van der Waals surface area contributed by atoms with E-state index in [4.69, 9.17) is 11.6 Å². The van der Waals surface area contributed by atoms with Crippen molar-refractivity contribution in [3.63, 3.8) is 0 Å². The zero-order valence-electron chi connectivity index (χ0n) is 10.4. The lowest BCUT2D eigenvalue weighted by Gasteiger charge is -2.23. The lowest BCUT2D eigenvalue weighted by atomic mass is 9.84. The third-order valence-corrected chi connectivity index (χ3v) is 3.28. The molecule has 0 spiro atoms. The van der Waals surface area contributed by atoms with Crippen molar-refractivity contribution >= 4 is 22.6 Å². The Morgan fingerprint density at radius 2 is 1.94 bits per heavy atom. The van der Waals surface area contributed by atoms with E-state index in [2.05, 4.69) is 38.7 Å². The molecule has 0 radical (unpaired) electrons. The van der Waals surface area contributed by atoms with Gasteiger partial charge in [0.05, 0.1) is 16.9 Å². The van der Waals surface area contributed by atoms with E-state index in [0.29, 0.717) is 0 Å². The van der Waals surface area contributed by atoms with Crippen LogP contribution in [0.2, 0.25) is 5.02 Å². The summed E-state index contributed by atoms with van der Waals surface area (Å²) in [5.74, 6) is 0. The summed E-state index contributed by atoms with van der Waals surface area (Å²) in [4.78, 5) is 4.36. The Morgan fingerprint density at radius 3 is 2.50 bits per heavy atom. The normalized spacial score (nSPS) is 12.4. The molecule has 16 heavy (non-hydrogen) atoms. The van der Waals surface area contributed by atoms with Crippen molar-refractivity contribution in [2.24, 2.45) is 7.05 Å². The number of halogens is 1. The van der Waals surface area contributed by atoms with Crippen LogP contribution >= 0.6 is 11.6 Å². The largest absolute Gasteiger partial charge is 0.334 e. The molecule has 0 saturated heterocycles. The van der Waals surface area contributed by atoms with Gasteiger partial charge in [0.2, 0.25) is 0 Å². The Morgan fingerprint density at radius 1 is 1.31 bits per heavy atom. The summed E-state index contributed by atoms with van der Waals surface area (Å²) in [5, 5.41) is 0.795. The standard InChI is InChI=1S/C13H17ClN2/c1-8-6-9-12(15-7-16(9)5)11(14)10(8)13(2,3)4/h6-7H,1-5H3. The van der Waals surface area contributed by atoms with Gasteiger partial charge in [0.25, 0.3) is 0 Å². The quantitative estimate of drug-likeness (QED) is 0.680. The van der Waals surface area contributed by atoms with Crippen molar-refractivity contribution in [1.29, 1.82) is 0 Å². The molecule has 1 aromatic carbocycles. The number of benzene rings is 1. The van der Waals surface area contributed by atoms with E-state index in [0.717, 1.165) is 16.1 Å². The fourth-order valence-corrected chi connectivity index (χ4v) is 2.85. The molecule has 0 fully saturated rings. The fourth-order valence-electron chi connectivity index (χ4n) is 2.27. The van der Waals surface area contributed by atoms with Gasteiger partial charge in [-0.05, 0) is 29.5 Å². The van der Waals surface area contributed by atoms with E-state index >= 15 is 0 Å². The first-order valence-corrected chi connectivity index (χ1v) is 5.81. The van der Waals surface area contributed by atoms with E-state index < -0.39 is 0 Å². The molecule has 86 valence electrons. The lowest BCUT2D eigenvalue weighted by molar-refractivity contribution is 0.587. The van der Waals surface area contributed by atoms with Crippen LogP contribution in [0.4, 0.5) is 0 Å². The van der Waals surface area contributed by atoms with E-state index in [-0.39, 0.29) is 5.41 Å². The molecule has 0 unspecified atom stereocenters. The highest BCUT2D eigenvalue weighted by molar-refractivity contribution is 6.36. The van der Waals surface area contributed by atoms with E-state index in [1.807, 2.05) is 17.9 Å². The number of hydrogen-bond acceptors (Lipinski definition) is 1. The number of aromatic nitrogens is 2. The molecule has 0 atom stereocenters. The Bertz CT molecular complexity index is 547. The van der Waals surface area contributed by atoms with Gasteiger partial charge in [-0.3, -0.25) is 0 Å². The second-order valence-electron chi connectivity index (χ2n) is 5.36. The maximum absolute atomic E-state index is 6.47. The van der Waals surface area contributed by atoms with Crippen molar-refractivity contribution in [3.8, 4) is 0 Å². The summed E-state index contributed by atoms with van der Waals surface area (Å²) in [7, 11) is 1.99. The second-order valence-corrected chi connectivity index (χ2v) is 5.73. The van der Waals surface area contributed by atoms with Gasteiger partial charge in [-0.15, -0.1) is 0 Å². The van der Waals surface area contributed by atoms with Crippen molar-refractivity contribution in [3.05, 3.63) is 28.5 Å². The highest BCUT2D eigenvalue weighted by Crippen LogP contribution is 2.36. The van der Waals surface area contributed by atoms with Crippen molar-refractivity contribution in [2.75, 3.05) is 0 Å². The molecule has 2 rings (SSSR count). The zero-order valence-corrected chi connectivity index (χ0v) is 11.2. The summed E-state index contributed by atoms with van der Waals surface area (Å²) in [6.07, 6.45) is 1.81. The van der Waals surface area contributed by atoms with Gasteiger partial charge in [0.15, 0.2) is 0 Å². The van der Waals surface area contributed by atoms with Crippen LogP contribution in [0.25, 0.3) is 11.0 Å². The lowest BCUT2D eigenvalue weighted by Crippen LogP contribution is -2.14. The average molecular weight is 237 g/mol. The molecule has 3 heteroatoms. The maximum atomic E-state index is 6.47. The fraction of sp³-hybridized carbons (Fsp3) is 0.462. The van der Waals surface area contributed by atoms with Gasteiger partial charge < -0.3 is 4.57 Å². The molecule has 0 aliphatic rings. The molecule has 1 heterocycles.